The van der Waals surface area contributed by atoms with Gasteiger partial charge in [-0.2, -0.15) is 0 Å². The molecular weight excluding hydrogens is 288 g/mol. The molecule has 0 spiro atoms. The van der Waals surface area contributed by atoms with E-state index in [0.717, 1.165) is 37.5 Å². The molecule has 0 radical (unpaired) electrons. The van der Waals surface area contributed by atoms with Crippen LogP contribution in [-0.4, -0.2) is 55.7 Å². The summed E-state index contributed by atoms with van der Waals surface area (Å²) in [7, 11) is 3.66. The standard InChI is InChI=1S/C14H24N4O2S/c1-4-7-17(2)14-16-12(15)11(21-14)13(19)18-8-5-6-10(9-18)20-3/h10H,4-9,15H2,1-3H3. The van der Waals surface area contributed by atoms with Crippen LogP contribution in [0.25, 0.3) is 0 Å². The summed E-state index contributed by atoms with van der Waals surface area (Å²) in [5.41, 5.74) is 5.94. The smallest absolute Gasteiger partial charge is 0.267 e. The number of carbonyl (C=O) groups excluding carboxylic acids is 1. The number of piperidine rings is 1. The van der Waals surface area contributed by atoms with Gasteiger partial charge in [-0.05, 0) is 19.3 Å². The van der Waals surface area contributed by atoms with Crippen molar-refractivity contribution in [3.63, 3.8) is 0 Å². The maximum absolute atomic E-state index is 12.6. The first-order chi connectivity index (χ1) is 10.1. The minimum atomic E-state index is -0.0251. The van der Waals surface area contributed by atoms with Crippen molar-refractivity contribution in [2.75, 3.05) is 44.4 Å². The van der Waals surface area contributed by atoms with Crippen LogP contribution in [-0.2, 0) is 4.74 Å². The van der Waals surface area contributed by atoms with Gasteiger partial charge in [0.2, 0.25) is 0 Å². The number of carbonyl (C=O) groups is 1. The third kappa shape index (κ3) is 3.65. The molecule has 0 saturated carbocycles. The van der Waals surface area contributed by atoms with E-state index in [2.05, 4.69) is 11.9 Å². The van der Waals surface area contributed by atoms with Crippen LogP contribution in [0.4, 0.5) is 10.9 Å². The normalized spacial score (nSPS) is 18.8. The Morgan fingerprint density at radius 1 is 1.62 bits per heavy atom. The number of nitrogen functional groups attached to an aromatic ring is 1. The maximum Gasteiger partial charge on any atom is 0.267 e. The first-order valence-corrected chi connectivity index (χ1v) is 8.18. The summed E-state index contributed by atoms with van der Waals surface area (Å²) in [6.07, 6.45) is 3.12. The molecule has 0 aromatic carbocycles. The summed E-state index contributed by atoms with van der Waals surface area (Å²) in [5, 5.41) is 0.804. The summed E-state index contributed by atoms with van der Waals surface area (Å²) in [4.78, 5) is 21.4. The number of nitrogens with two attached hydrogens (primary N) is 1. The number of likely N-dealkylation sites (tertiary alicyclic amines) is 1. The quantitative estimate of drug-likeness (QED) is 0.898. The largest absolute Gasteiger partial charge is 0.382 e. The molecule has 1 unspecified atom stereocenters. The van der Waals surface area contributed by atoms with Gasteiger partial charge in [-0.3, -0.25) is 4.79 Å². The number of thiazole rings is 1. The predicted octanol–water partition coefficient (Wildman–Crippen LogP) is 1.82. The van der Waals surface area contributed by atoms with Gasteiger partial charge >= 0.3 is 0 Å². The van der Waals surface area contributed by atoms with E-state index < -0.39 is 0 Å². The lowest BCUT2D eigenvalue weighted by Gasteiger charge is -2.31. The fourth-order valence-electron chi connectivity index (χ4n) is 2.53. The number of hydrogen-bond acceptors (Lipinski definition) is 6. The van der Waals surface area contributed by atoms with Gasteiger partial charge in [-0.1, -0.05) is 18.3 Å². The zero-order chi connectivity index (χ0) is 15.4. The summed E-state index contributed by atoms with van der Waals surface area (Å²) < 4.78 is 5.37. The Kier molecular flexibility index (Phi) is 5.41. The number of rotatable bonds is 5. The molecule has 2 heterocycles. The minimum Gasteiger partial charge on any atom is -0.382 e. The second kappa shape index (κ2) is 7.09. The van der Waals surface area contributed by atoms with Gasteiger partial charge in [-0.25, -0.2) is 4.98 Å². The molecule has 6 nitrogen and oxygen atoms in total. The van der Waals surface area contributed by atoms with Crippen molar-refractivity contribution in [1.29, 1.82) is 0 Å². The molecule has 118 valence electrons. The number of nitrogens with zero attached hydrogens (tertiary/aromatic N) is 3. The van der Waals surface area contributed by atoms with Crippen LogP contribution in [0.15, 0.2) is 0 Å². The molecule has 0 aliphatic carbocycles. The molecule has 1 aromatic rings. The summed E-state index contributed by atoms with van der Waals surface area (Å²) >= 11 is 1.38. The van der Waals surface area contributed by atoms with Crippen molar-refractivity contribution in [2.45, 2.75) is 32.3 Å². The molecule has 1 aliphatic rings. The predicted molar refractivity (Wildman–Crippen MR) is 86.0 cm³/mol. The van der Waals surface area contributed by atoms with Crippen molar-refractivity contribution in [3.8, 4) is 0 Å². The van der Waals surface area contributed by atoms with E-state index in [-0.39, 0.29) is 12.0 Å². The Morgan fingerprint density at radius 3 is 3.05 bits per heavy atom. The summed E-state index contributed by atoms with van der Waals surface area (Å²) in [6, 6.07) is 0. The Hall–Kier alpha value is -1.34. The molecule has 0 bridgehead atoms. The molecule has 1 aliphatic heterocycles. The third-order valence-corrected chi connectivity index (χ3v) is 4.89. The van der Waals surface area contributed by atoms with Gasteiger partial charge in [-0.15, -0.1) is 0 Å². The van der Waals surface area contributed by atoms with E-state index in [4.69, 9.17) is 10.5 Å². The van der Waals surface area contributed by atoms with Gasteiger partial charge < -0.3 is 20.3 Å². The highest BCUT2D eigenvalue weighted by molar-refractivity contribution is 7.18. The first-order valence-electron chi connectivity index (χ1n) is 7.36. The molecular formula is C14H24N4O2S. The highest BCUT2D eigenvalue weighted by atomic mass is 32.1. The highest BCUT2D eigenvalue weighted by Crippen LogP contribution is 2.29. The Morgan fingerprint density at radius 2 is 2.38 bits per heavy atom. The van der Waals surface area contributed by atoms with Crippen LogP contribution in [0.2, 0.25) is 0 Å². The van der Waals surface area contributed by atoms with Crippen molar-refractivity contribution in [2.24, 2.45) is 0 Å². The second-order valence-electron chi connectivity index (χ2n) is 5.38. The van der Waals surface area contributed by atoms with E-state index in [1.54, 1.807) is 7.11 Å². The monoisotopic (exact) mass is 312 g/mol. The van der Waals surface area contributed by atoms with E-state index in [9.17, 15) is 4.79 Å². The van der Waals surface area contributed by atoms with Crippen LogP contribution in [0.1, 0.15) is 35.9 Å². The fourth-order valence-corrected chi connectivity index (χ4v) is 3.47. The fraction of sp³-hybridized carbons (Fsp3) is 0.714. The number of anilines is 2. The van der Waals surface area contributed by atoms with E-state index in [0.29, 0.717) is 17.2 Å². The average molecular weight is 312 g/mol. The topological polar surface area (TPSA) is 71.7 Å². The van der Waals surface area contributed by atoms with Crippen LogP contribution in [0.3, 0.4) is 0 Å². The third-order valence-electron chi connectivity index (χ3n) is 3.72. The number of aromatic nitrogens is 1. The molecule has 2 N–H and O–H groups in total. The van der Waals surface area contributed by atoms with Crippen molar-refractivity contribution < 1.29 is 9.53 Å². The molecule has 1 aromatic heterocycles. The molecule has 1 fully saturated rings. The maximum atomic E-state index is 12.6. The molecule has 2 rings (SSSR count). The lowest BCUT2D eigenvalue weighted by molar-refractivity contribution is 0.0272. The molecule has 1 saturated heterocycles. The van der Waals surface area contributed by atoms with Crippen LogP contribution >= 0.6 is 11.3 Å². The summed E-state index contributed by atoms with van der Waals surface area (Å²) in [5.74, 6) is 0.311. The molecule has 1 amide bonds. The van der Waals surface area contributed by atoms with Crippen molar-refractivity contribution >= 4 is 28.2 Å². The SMILES string of the molecule is CCCN(C)c1nc(N)c(C(=O)N2CCCC(OC)C2)s1. The molecule has 1 atom stereocenters. The lowest BCUT2D eigenvalue weighted by atomic mass is 10.1. The zero-order valence-corrected chi connectivity index (χ0v) is 13.8. The van der Waals surface area contributed by atoms with Gasteiger partial charge in [0.1, 0.15) is 10.7 Å². The number of methoxy groups -OCH3 is 1. The van der Waals surface area contributed by atoms with Gasteiger partial charge in [0, 0.05) is 33.8 Å². The van der Waals surface area contributed by atoms with E-state index in [1.807, 2.05) is 16.8 Å². The molecule has 7 heteroatoms. The van der Waals surface area contributed by atoms with Gasteiger partial charge in [0.15, 0.2) is 5.13 Å². The van der Waals surface area contributed by atoms with Crippen molar-refractivity contribution in [1.82, 2.24) is 9.88 Å². The van der Waals surface area contributed by atoms with E-state index in [1.165, 1.54) is 11.3 Å². The number of ether oxygens (including phenoxy) is 1. The van der Waals surface area contributed by atoms with Crippen molar-refractivity contribution in [3.05, 3.63) is 4.88 Å². The average Bonchev–Trinajstić information content (AvgIpc) is 2.89. The summed E-state index contributed by atoms with van der Waals surface area (Å²) in [6.45, 7) is 4.40. The molecule has 21 heavy (non-hydrogen) atoms. The van der Waals surface area contributed by atoms with Crippen LogP contribution in [0.5, 0.6) is 0 Å². The Balaban J connectivity index is 2.12. The van der Waals surface area contributed by atoms with Crippen LogP contribution < -0.4 is 10.6 Å². The number of hydrogen-bond donors (Lipinski definition) is 1. The van der Waals surface area contributed by atoms with Gasteiger partial charge in [0.05, 0.1) is 6.10 Å². The highest BCUT2D eigenvalue weighted by Gasteiger charge is 2.27. The van der Waals surface area contributed by atoms with E-state index >= 15 is 0 Å². The first kappa shape index (κ1) is 16.0. The Bertz CT molecular complexity index is 491. The minimum absolute atomic E-state index is 0.0251. The number of amides is 1. The lowest BCUT2D eigenvalue weighted by Crippen LogP contribution is -2.42. The Labute approximate surface area is 129 Å². The van der Waals surface area contributed by atoms with Gasteiger partial charge in [0.25, 0.3) is 5.91 Å². The van der Waals surface area contributed by atoms with Crippen LogP contribution in [0, 0.1) is 0 Å². The second-order valence-corrected chi connectivity index (χ2v) is 6.36. The zero-order valence-electron chi connectivity index (χ0n) is 13.0.